The van der Waals surface area contributed by atoms with Gasteiger partial charge in [-0.15, -0.1) is 0 Å². The molecule has 0 spiro atoms. The molecule has 1 aromatic carbocycles. The van der Waals surface area contributed by atoms with Crippen molar-refractivity contribution in [3.63, 3.8) is 0 Å². The van der Waals surface area contributed by atoms with Gasteiger partial charge < -0.3 is 10.0 Å². The Hall–Kier alpha value is -1.43. The van der Waals surface area contributed by atoms with Crippen LogP contribution in [-0.2, 0) is 16.1 Å². The molecule has 1 heterocycles. The molecule has 1 amide bonds. The molecule has 0 aromatic heterocycles. The predicted octanol–water partition coefficient (Wildman–Crippen LogP) is 2.02. The van der Waals surface area contributed by atoms with Crippen molar-refractivity contribution in [3.05, 3.63) is 34.1 Å². The van der Waals surface area contributed by atoms with E-state index in [1.165, 1.54) is 11.0 Å². The summed E-state index contributed by atoms with van der Waals surface area (Å²) in [5.74, 6) is -2.13. The molecule has 1 fully saturated rings. The second-order valence-electron chi connectivity index (χ2n) is 4.26. The van der Waals surface area contributed by atoms with Crippen molar-refractivity contribution in [2.75, 3.05) is 6.54 Å². The SMILES string of the molecule is O=C(O)C1CC(=O)N(Cc2ccc(F)c(Br)c2)C1. The van der Waals surface area contributed by atoms with E-state index in [9.17, 15) is 14.0 Å². The van der Waals surface area contributed by atoms with Gasteiger partial charge in [-0.25, -0.2) is 4.39 Å². The molecular formula is C12H11BrFNO3. The lowest BCUT2D eigenvalue weighted by Crippen LogP contribution is -2.25. The van der Waals surface area contributed by atoms with Crippen LogP contribution in [0.25, 0.3) is 0 Å². The van der Waals surface area contributed by atoms with Crippen LogP contribution < -0.4 is 0 Å². The normalized spacial score (nSPS) is 19.3. The molecule has 2 rings (SSSR count). The summed E-state index contributed by atoms with van der Waals surface area (Å²) in [5.41, 5.74) is 0.766. The molecule has 96 valence electrons. The first kappa shape index (κ1) is 13.0. The third-order valence-corrected chi connectivity index (χ3v) is 3.53. The molecule has 0 bridgehead atoms. The Morgan fingerprint density at radius 1 is 1.56 bits per heavy atom. The van der Waals surface area contributed by atoms with Gasteiger partial charge in [0.25, 0.3) is 0 Å². The molecule has 1 unspecified atom stereocenters. The third kappa shape index (κ3) is 2.69. The number of hydrogen-bond acceptors (Lipinski definition) is 2. The zero-order valence-corrected chi connectivity index (χ0v) is 11.0. The van der Waals surface area contributed by atoms with E-state index in [4.69, 9.17) is 5.11 Å². The van der Waals surface area contributed by atoms with Crippen LogP contribution in [0, 0.1) is 11.7 Å². The van der Waals surface area contributed by atoms with Gasteiger partial charge in [0.05, 0.1) is 10.4 Å². The highest BCUT2D eigenvalue weighted by molar-refractivity contribution is 9.10. The molecule has 1 aliphatic rings. The first-order valence-electron chi connectivity index (χ1n) is 5.42. The summed E-state index contributed by atoms with van der Waals surface area (Å²) in [6, 6.07) is 4.49. The Bertz CT molecular complexity index is 506. The van der Waals surface area contributed by atoms with Gasteiger partial charge in [-0.05, 0) is 33.6 Å². The molecule has 18 heavy (non-hydrogen) atoms. The highest BCUT2D eigenvalue weighted by Gasteiger charge is 2.34. The van der Waals surface area contributed by atoms with Crippen LogP contribution >= 0.6 is 15.9 Å². The Morgan fingerprint density at radius 2 is 2.28 bits per heavy atom. The smallest absolute Gasteiger partial charge is 0.308 e. The number of amides is 1. The Morgan fingerprint density at radius 3 is 2.83 bits per heavy atom. The van der Waals surface area contributed by atoms with Gasteiger partial charge in [-0.3, -0.25) is 9.59 Å². The number of carbonyl (C=O) groups excluding carboxylic acids is 1. The summed E-state index contributed by atoms with van der Waals surface area (Å²) < 4.78 is 13.4. The van der Waals surface area contributed by atoms with Crippen molar-refractivity contribution in [2.24, 2.45) is 5.92 Å². The number of carboxylic acid groups (broad SMARTS) is 1. The fraction of sp³-hybridized carbons (Fsp3) is 0.333. The van der Waals surface area contributed by atoms with Crippen molar-refractivity contribution < 1.29 is 19.1 Å². The molecule has 1 saturated heterocycles. The van der Waals surface area contributed by atoms with E-state index in [0.29, 0.717) is 11.0 Å². The standard InChI is InChI=1S/C12H11BrFNO3/c13-9-3-7(1-2-10(9)14)5-15-6-8(12(17)18)4-11(15)16/h1-3,8H,4-6H2,(H,17,18). The largest absolute Gasteiger partial charge is 0.481 e. The quantitative estimate of drug-likeness (QED) is 0.928. The van der Waals surface area contributed by atoms with Crippen LogP contribution in [0.3, 0.4) is 0 Å². The van der Waals surface area contributed by atoms with Gasteiger partial charge in [0, 0.05) is 19.5 Å². The fourth-order valence-electron chi connectivity index (χ4n) is 1.95. The predicted molar refractivity (Wildman–Crippen MR) is 65.3 cm³/mol. The summed E-state index contributed by atoms with van der Waals surface area (Å²) in [6.07, 6.45) is 0.0394. The van der Waals surface area contributed by atoms with E-state index in [1.807, 2.05) is 0 Å². The summed E-state index contributed by atoms with van der Waals surface area (Å²) in [6.45, 7) is 0.519. The number of hydrogen-bond donors (Lipinski definition) is 1. The molecular weight excluding hydrogens is 305 g/mol. The number of aliphatic carboxylic acids is 1. The zero-order chi connectivity index (χ0) is 13.3. The number of nitrogens with zero attached hydrogens (tertiary/aromatic N) is 1. The number of halogens is 2. The van der Waals surface area contributed by atoms with E-state index in [2.05, 4.69) is 15.9 Å². The maximum Gasteiger partial charge on any atom is 0.308 e. The second-order valence-corrected chi connectivity index (χ2v) is 5.12. The number of carbonyl (C=O) groups is 2. The highest BCUT2D eigenvalue weighted by atomic mass is 79.9. The third-order valence-electron chi connectivity index (χ3n) is 2.92. The molecule has 0 saturated carbocycles. The van der Waals surface area contributed by atoms with Gasteiger partial charge in [-0.2, -0.15) is 0 Å². The minimum absolute atomic E-state index is 0.0394. The van der Waals surface area contributed by atoms with E-state index < -0.39 is 11.9 Å². The minimum Gasteiger partial charge on any atom is -0.481 e. The second kappa shape index (κ2) is 5.06. The van der Waals surface area contributed by atoms with Crippen molar-refractivity contribution in [2.45, 2.75) is 13.0 Å². The summed E-state index contributed by atoms with van der Waals surface area (Å²) in [5, 5.41) is 8.86. The van der Waals surface area contributed by atoms with E-state index in [-0.39, 0.29) is 24.7 Å². The molecule has 6 heteroatoms. The minimum atomic E-state index is -0.953. The maximum atomic E-state index is 13.1. The fourth-order valence-corrected chi connectivity index (χ4v) is 2.37. The van der Waals surface area contributed by atoms with Gasteiger partial charge in [0.15, 0.2) is 0 Å². The average molecular weight is 316 g/mol. The maximum absolute atomic E-state index is 13.1. The van der Waals surface area contributed by atoms with Gasteiger partial charge >= 0.3 is 5.97 Å². The molecule has 0 aliphatic carbocycles. The Kier molecular flexibility index (Phi) is 3.65. The molecule has 1 atom stereocenters. The Balaban J connectivity index is 2.08. The van der Waals surface area contributed by atoms with E-state index in [1.54, 1.807) is 12.1 Å². The highest BCUT2D eigenvalue weighted by Crippen LogP contribution is 2.22. The lowest BCUT2D eigenvalue weighted by molar-refractivity contribution is -0.141. The van der Waals surface area contributed by atoms with Gasteiger partial charge in [0.1, 0.15) is 5.82 Å². The Labute approximate surface area is 112 Å². The van der Waals surface area contributed by atoms with Crippen LogP contribution in [0.15, 0.2) is 22.7 Å². The monoisotopic (exact) mass is 315 g/mol. The first-order valence-corrected chi connectivity index (χ1v) is 6.21. The van der Waals surface area contributed by atoms with Crippen LogP contribution in [0.4, 0.5) is 4.39 Å². The molecule has 4 nitrogen and oxygen atoms in total. The number of likely N-dealkylation sites (tertiary alicyclic amines) is 1. The molecule has 1 N–H and O–H groups in total. The van der Waals surface area contributed by atoms with Crippen LogP contribution in [0.2, 0.25) is 0 Å². The van der Waals surface area contributed by atoms with Crippen molar-refractivity contribution in [1.29, 1.82) is 0 Å². The summed E-state index contributed by atoms with van der Waals surface area (Å²) >= 11 is 3.07. The number of carboxylic acids is 1. The summed E-state index contributed by atoms with van der Waals surface area (Å²) in [4.78, 5) is 23.9. The molecule has 0 radical (unpaired) electrons. The van der Waals surface area contributed by atoms with E-state index in [0.717, 1.165) is 5.56 Å². The zero-order valence-electron chi connectivity index (χ0n) is 9.40. The van der Waals surface area contributed by atoms with E-state index >= 15 is 0 Å². The lowest BCUT2D eigenvalue weighted by atomic mass is 10.1. The topological polar surface area (TPSA) is 57.6 Å². The van der Waals surface area contributed by atoms with Gasteiger partial charge in [-0.1, -0.05) is 6.07 Å². The van der Waals surface area contributed by atoms with Crippen molar-refractivity contribution in [3.8, 4) is 0 Å². The van der Waals surface area contributed by atoms with Crippen molar-refractivity contribution >= 4 is 27.8 Å². The van der Waals surface area contributed by atoms with Crippen LogP contribution in [0.5, 0.6) is 0 Å². The summed E-state index contributed by atoms with van der Waals surface area (Å²) in [7, 11) is 0. The van der Waals surface area contributed by atoms with Crippen LogP contribution in [0.1, 0.15) is 12.0 Å². The average Bonchev–Trinajstić information content (AvgIpc) is 2.66. The number of benzene rings is 1. The molecule has 1 aromatic rings. The lowest BCUT2D eigenvalue weighted by Gasteiger charge is -2.16. The number of rotatable bonds is 3. The van der Waals surface area contributed by atoms with Crippen LogP contribution in [-0.4, -0.2) is 28.4 Å². The van der Waals surface area contributed by atoms with Crippen molar-refractivity contribution in [1.82, 2.24) is 4.90 Å². The first-order chi connectivity index (χ1) is 8.47. The molecule has 1 aliphatic heterocycles. The van der Waals surface area contributed by atoms with Gasteiger partial charge in [0.2, 0.25) is 5.91 Å².